The van der Waals surface area contributed by atoms with E-state index in [-0.39, 0.29) is 42.0 Å². The van der Waals surface area contributed by atoms with Crippen LogP contribution in [0.5, 0.6) is 11.5 Å². The fourth-order valence-electron chi connectivity index (χ4n) is 7.58. The number of benzene rings is 2. The minimum atomic E-state index is -2.32. The molecular formula is C47H60N8O20. The van der Waals surface area contributed by atoms with E-state index >= 15 is 0 Å². The fourth-order valence-corrected chi connectivity index (χ4v) is 7.58. The van der Waals surface area contributed by atoms with Crippen LogP contribution in [0.1, 0.15) is 76.8 Å². The molecule has 0 bridgehead atoms. The zero-order valence-electron chi connectivity index (χ0n) is 40.8. The predicted molar refractivity (Wildman–Crippen MR) is 254 cm³/mol. The fraction of sp³-hybridized carbons (Fsp3) is 0.468. The Kier molecular flexibility index (Phi) is 22.9. The Balaban J connectivity index is 2.12. The maximum Gasteiger partial charge on any atom is 0.356 e. The van der Waals surface area contributed by atoms with Gasteiger partial charge in [0, 0.05) is 39.2 Å². The number of rotatable bonds is 31. The molecule has 8 amide bonds. The minimum absolute atomic E-state index is 0.144. The molecule has 7 atom stereocenters. The number of nitrogens with two attached hydrogens (primary N) is 2. The number of nitrogens with zero attached hydrogens (tertiary/aromatic N) is 1. The monoisotopic (exact) mass is 1060 g/mol. The van der Waals surface area contributed by atoms with E-state index in [1.807, 2.05) is 0 Å². The second-order valence-electron chi connectivity index (χ2n) is 17.4. The summed E-state index contributed by atoms with van der Waals surface area (Å²) in [6, 6.07) is 0.726. The Morgan fingerprint density at radius 1 is 0.600 bits per heavy atom. The highest BCUT2D eigenvalue weighted by atomic mass is 16.5. The number of ether oxygens (including phenoxy) is 2. The summed E-state index contributed by atoms with van der Waals surface area (Å²) in [7, 11) is 0. The van der Waals surface area contributed by atoms with Crippen LogP contribution in [0.25, 0.3) is 0 Å². The third-order valence-corrected chi connectivity index (χ3v) is 11.7. The van der Waals surface area contributed by atoms with Crippen LogP contribution in [-0.2, 0) is 75.2 Å². The van der Waals surface area contributed by atoms with Crippen molar-refractivity contribution in [3.05, 3.63) is 59.7 Å². The summed E-state index contributed by atoms with van der Waals surface area (Å²) in [6.07, 6.45) is -6.58. The van der Waals surface area contributed by atoms with E-state index in [0.717, 1.165) is 31.2 Å². The molecule has 2 aromatic carbocycles. The molecule has 28 nitrogen and oxygen atoms in total. The van der Waals surface area contributed by atoms with Gasteiger partial charge in [0.25, 0.3) is 12.2 Å². The van der Waals surface area contributed by atoms with Crippen molar-refractivity contribution in [1.82, 2.24) is 31.5 Å². The molecule has 0 saturated carbocycles. The minimum Gasteiger partial charge on any atom is -0.481 e. The first-order valence-electron chi connectivity index (χ1n) is 23.2. The first kappa shape index (κ1) is 60.5. The number of carboxylic acids is 5. The molecule has 75 heavy (non-hydrogen) atoms. The molecule has 408 valence electrons. The van der Waals surface area contributed by atoms with E-state index in [4.69, 9.17) is 20.9 Å². The van der Waals surface area contributed by atoms with E-state index in [9.17, 15) is 87.9 Å². The quantitative estimate of drug-likeness (QED) is 0.0345. The van der Waals surface area contributed by atoms with Gasteiger partial charge in [-0.15, -0.1) is 0 Å². The van der Waals surface area contributed by atoms with Crippen molar-refractivity contribution in [3.63, 3.8) is 0 Å². The summed E-state index contributed by atoms with van der Waals surface area (Å²) >= 11 is 0. The first-order valence-corrected chi connectivity index (χ1v) is 23.2. The molecular weight excluding hydrogens is 997 g/mol. The zero-order valence-corrected chi connectivity index (χ0v) is 40.8. The summed E-state index contributed by atoms with van der Waals surface area (Å²) in [5.41, 5.74) is 11.2. The molecule has 1 aliphatic rings. The Bertz CT molecular complexity index is 2440. The second kappa shape index (κ2) is 28.4. The van der Waals surface area contributed by atoms with Gasteiger partial charge in [0.2, 0.25) is 47.3 Å². The predicted octanol–water partition coefficient (Wildman–Crippen LogP) is -2.60. The number of aliphatic carboxylic acids is 5. The molecule has 0 radical (unpaired) electrons. The Morgan fingerprint density at radius 3 is 1.39 bits per heavy atom. The van der Waals surface area contributed by atoms with Crippen molar-refractivity contribution in [1.29, 1.82) is 0 Å². The average molecular weight is 1060 g/mol. The van der Waals surface area contributed by atoms with Gasteiger partial charge >= 0.3 is 29.8 Å². The molecule has 1 heterocycles. The molecule has 0 aliphatic carbocycles. The summed E-state index contributed by atoms with van der Waals surface area (Å²) in [5.74, 6) is -17.1. The number of likely N-dealkylation sites (tertiary alicyclic amines) is 1. The molecule has 3 rings (SSSR count). The van der Waals surface area contributed by atoms with Crippen LogP contribution >= 0.6 is 0 Å². The van der Waals surface area contributed by atoms with Crippen molar-refractivity contribution < 1.29 is 97.3 Å². The number of nitrogens with one attached hydrogen (secondary N) is 5. The highest BCUT2D eigenvalue weighted by molar-refractivity contribution is 5.99. The highest BCUT2D eigenvalue weighted by Crippen LogP contribution is 2.22. The molecule has 2 aromatic rings. The zero-order chi connectivity index (χ0) is 56.3. The lowest BCUT2D eigenvalue weighted by atomic mass is 9.96. The van der Waals surface area contributed by atoms with Crippen LogP contribution in [0.4, 0.5) is 0 Å². The summed E-state index contributed by atoms with van der Waals surface area (Å²) < 4.78 is 10.1. The highest BCUT2D eigenvalue weighted by Gasteiger charge is 2.40. The van der Waals surface area contributed by atoms with Gasteiger partial charge in [0.15, 0.2) is 0 Å². The molecule has 0 unspecified atom stereocenters. The lowest BCUT2D eigenvalue weighted by molar-refractivity contribution is -0.160. The molecule has 1 aliphatic heterocycles. The third kappa shape index (κ3) is 18.9. The Labute approximate surface area is 427 Å². The lowest BCUT2D eigenvalue weighted by Gasteiger charge is -2.32. The normalized spacial score (nSPS) is 15.4. The Hall–Kier alpha value is -8.85. The van der Waals surface area contributed by atoms with E-state index in [1.54, 1.807) is 13.8 Å². The van der Waals surface area contributed by atoms with Crippen molar-refractivity contribution in [2.75, 3.05) is 6.54 Å². The number of hydrogen-bond acceptors (Lipinski definition) is 15. The van der Waals surface area contributed by atoms with Gasteiger partial charge < -0.3 is 78.0 Å². The second-order valence-corrected chi connectivity index (χ2v) is 17.4. The van der Waals surface area contributed by atoms with E-state index in [1.165, 1.54) is 29.2 Å². The van der Waals surface area contributed by atoms with Crippen molar-refractivity contribution in [3.8, 4) is 11.5 Å². The number of primary amides is 2. The van der Waals surface area contributed by atoms with Crippen LogP contribution in [0, 0.1) is 5.92 Å². The first-order chi connectivity index (χ1) is 35.2. The molecule has 0 spiro atoms. The van der Waals surface area contributed by atoms with Gasteiger partial charge in [-0.25, -0.2) is 19.2 Å². The van der Waals surface area contributed by atoms with Crippen molar-refractivity contribution in [2.24, 2.45) is 17.4 Å². The van der Waals surface area contributed by atoms with E-state index in [0.29, 0.717) is 12.8 Å². The molecule has 0 aromatic heterocycles. The topological polar surface area (TPSA) is 457 Å². The number of amides is 8. The number of carbonyl (C=O) groups excluding carboxylic acids is 8. The van der Waals surface area contributed by atoms with Crippen LogP contribution in [0.2, 0.25) is 0 Å². The SMILES string of the molecule is CC[C@H](C)[C@H](NC(=O)[C@H](CCC(=O)O)NC(=O)[C@H](Cc1ccc(OC(C(=O)O)C(=O)O)cc1)NC(=O)[C@H](Cc1ccc(OC(C(=O)O)C(=O)O)cc1)NC(=O)[C@H](CCC(N)=O)NC(C)=O)C(=O)N1CCC[C@H]1C(N)=O. The van der Waals surface area contributed by atoms with Gasteiger partial charge in [-0.2, -0.15) is 0 Å². The summed E-state index contributed by atoms with van der Waals surface area (Å²) in [6.45, 7) is 4.56. The number of carbonyl (C=O) groups is 13. The number of hydrogen-bond donors (Lipinski definition) is 12. The number of carboxylic acid groups (broad SMARTS) is 5. The lowest BCUT2D eigenvalue weighted by Crippen LogP contribution is -2.61. The molecule has 14 N–H and O–H groups in total. The van der Waals surface area contributed by atoms with Crippen molar-refractivity contribution in [2.45, 2.75) is 127 Å². The van der Waals surface area contributed by atoms with Gasteiger partial charge in [0.1, 0.15) is 47.8 Å². The Morgan fingerprint density at radius 2 is 1.00 bits per heavy atom. The van der Waals surface area contributed by atoms with Crippen LogP contribution in [0.15, 0.2) is 48.5 Å². The molecule has 1 saturated heterocycles. The van der Waals surface area contributed by atoms with Gasteiger partial charge in [-0.1, -0.05) is 44.5 Å². The smallest absolute Gasteiger partial charge is 0.356 e. The van der Waals surface area contributed by atoms with Crippen LogP contribution < -0.4 is 47.5 Å². The maximum absolute atomic E-state index is 14.5. The summed E-state index contributed by atoms with van der Waals surface area (Å²) in [5, 5.41) is 59.0. The molecule has 28 heteroatoms. The standard InChI is InChI=1S/C47H60N8O20/c1-4-22(2)35(43(65)55-19-5-6-32(55)38(49)60)54-40(62)29(16-18-34(58)59)51-41(63)30(20-24-7-11-26(12-8-24)74-36(44(66)67)45(68)69)53-42(64)31(52-39(61)28(50-23(3)56)15-17-33(48)57)21-25-9-13-27(14-10-25)75-37(46(70)71)47(72)73/h7-14,22,28-32,35-37H,4-6,15-21H2,1-3H3,(H2,48,57)(H2,49,60)(H,50,56)(H,51,63)(H,52,61)(H,53,64)(H,54,62)(H,58,59)(H,66,67)(H,68,69)(H,70,71)(H,72,73)/t22-,28-,29-,30-,31-,32-,35-/m0/s1. The molecule has 1 fully saturated rings. The van der Waals surface area contributed by atoms with Gasteiger partial charge in [0.05, 0.1) is 0 Å². The largest absolute Gasteiger partial charge is 0.481 e. The van der Waals surface area contributed by atoms with Crippen molar-refractivity contribution >= 4 is 77.1 Å². The van der Waals surface area contributed by atoms with E-state index in [2.05, 4.69) is 26.6 Å². The van der Waals surface area contributed by atoms with E-state index < -0.39 is 164 Å². The third-order valence-electron chi connectivity index (χ3n) is 11.7. The summed E-state index contributed by atoms with van der Waals surface area (Å²) in [4.78, 5) is 166. The van der Waals surface area contributed by atoms with Gasteiger partial charge in [-0.05, 0) is 67.0 Å². The van der Waals surface area contributed by atoms with Crippen LogP contribution in [-0.4, -0.2) is 163 Å². The van der Waals surface area contributed by atoms with Crippen LogP contribution in [0.3, 0.4) is 0 Å². The maximum atomic E-state index is 14.5. The van der Waals surface area contributed by atoms with Gasteiger partial charge in [-0.3, -0.25) is 43.2 Å². The average Bonchev–Trinajstić information content (AvgIpc) is 3.84.